The summed E-state index contributed by atoms with van der Waals surface area (Å²) < 4.78 is 6.93. The number of nitrogens with one attached hydrogen (secondary N) is 1. The highest BCUT2D eigenvalue weighted by Crippen LogP contribution is 2.32. The molecule has 0 spiro atoms. The van der Waals surface area contributed by atoms with Crippen molar-refractivity contribution >= 4 is 21.6 Å². The Kier molecular flexibility index (Phi) is 4.54. The van der Waals surface area contributed by atoms with Gasteiger partial charge < -0.3 is 15.0 Å². The van der Waals surface area contributed by atoms with Gasteiger partial charge in [-0.05, 0) is 61.4 Å². The zero-order valence-electron chi connectivity index (χ0n) is 12.2. The Morgan fingerprint density at radius 1 is 1.42 bits per heavy atom. The molecule has 4 heteroatoms. The van der Waals surface area contributed by atoms with Crippen molar-refractivity contribution in [3.63, 3.8) is 0 Å². The van der Waals surface area contributed by atoms with Crippen LogP contribution in [-0.4, -0.2) is 32.3 Å². The molecule has 1 aliphatic heterocycles. The van der Waals surface area contributed by atoms with Crippen LogP contribution in [0.15, 0.2) is 22.7 Å². The molecule has 1 aromatic rings. The van der Waals surface area contributed by atoms with Gasteiger partial charge >= 0.3 is 0 Å². The fourth-order valence-electron chi connectivity index (χ4n) is 2.44. The summed E-state index contributed by atoms with van der Waals surface area (Å²) >= 11 is 3.71. The lowest BCUT2D eigenvalue weighted by Gasteiger charge is -2.40. The molecule has 1 aliphatic rings. The molecule has 0 aromatic heterocycles. The first-order valence-electron chi connectivity index (χ1n) is 6.78. The van der Waals surface area contributed by atoms with E-state index in [4.69, 9.17) is 4.74 Å². The minimum Gasteiger partial charge on any atom is -0.372 e. The second-order valence-corrected chi connectivity index (χ2v) is 6.61. The predicted molar refractivity (Wildman–Crippen MR) is 83.9 cm³/mol. The van der Waals surface area contributed by atoms with Crippen molar-refractivity contribution in [2.24, 2.45) is 0 Å². The Morgan fingerprint density at radius 2 is 2.16 bits per heavy atom. The SMILES string of the molecule is CNC(C)c1ccc(N2CCOC(C)(C)C2)c(Br)c1. The van der Waals surface area contributed by atoms with E-state index in [9.17, 15) is 0 Å². The molecule has 106 valence electrons. The number of ether oxygens (including phenoxy) is 1. The summed E-state index contributed by atoms with van der Waals surface area (Å²) in [5, 5.41) is 3.27. The van der Waals surface area contributed by atoms with Crippen LogP contribution in [0.5, 0.6) is 0 Å². The van der Waals surface area contributed by atoms with Gasteiger partial charge in [0.25, 0.3) is 0 Å². The second-order valence-electron chi connectivity index (χ2n) is 5.75. The zero-order valence-corrected chi connectivity index (χ0v) is 13.8. The minimum atomic E-state index is -0.0748. The maximum atomic E-state index is 5.77. The molecule has 1 heterocycles. The van der Waals surface area contributed by atoms with Crippen LogP contribution in [0.1, 0.15) is 32.4 Å². The predicted octanol–water partition coefficient (Wildman–Crippen LogP) is 3.34. The van der Waals surface area contributed by atoms with E-state index in [2.05, 4.69) is 65.1 Å². The van der Waals surface area contributed by atoms with E-state index in [1.54, 1.807) is 0 Å². The molecule has 1 fully saturated rings. The highest BCUT2D eigenvalue weighted by molar-refractivity contribution is 9.10. The van der Waals surface area contributed by atoms with Crippen LogP contribution in [0.3, 0.4) is 0 Å². The quantitative estimate of drug-likeness (QED) is 0.921. The van der Waals surface area contributed by atoms with Crippen molar-refractivity contribution in [1.82, 2.24) is 5.32 Å². The van der Waals surface area contributed by atoms with E-state index >= 15 is 0 Å². The molecule has 19 heavy (non-hydrogen) atoms. The first-order chi connectivity index (χ1) is 8.93. The van der Waals surface area contributed by atoms with Gasteiger partial charge in [-0.15, -0.1) is 0 Å². The monoisotopic (exact) mass is 326 g/mol. The number of benzene rings is 1. The second kappa shape index (κ2) is 5.81. The van der Waals surface area contributed by atoms with E-state index in [1.165, 1.54) is 11.3 Å². The van der Waals surface area contributed by atoms with E-state index in [0.717, 1.165) is 24.2 Å². The molecule has 1 aromatic carbocycles. The van der Waals surface area contributed by atoms with Gasteiger partial charge in [-0.3, -0.25) is 0 Å². The van der Waals surface area contributed by atoms with E-state index in [0.29, 0.717) is 6.04 Å². The molecule has 0 amide bonds. The van der Waals surface area contributed by atoms with E-state index in [-0.39, 0.29) is 5.60 Å². The van der Waals surface area contributed by atoms with Gasteiger partial charge in [0.1, 0.15) is 0 Å². The molecule has 0 radical (unpaired) electrons. The van der Waals surface area contributed by atoms with Crippen molar-refractivity contribution in [2.75, 3.05) is 31.6 Å². The molecular formula is C15H23BrN2O. The van der Waals surface area contributed by atoms with E-state index < -0.39 is 0 Å². The van der Waals surface area contributed by atoms with Gasteiger partial charge in [-0.25, -0.2) is 0 Å². The fourth-order valence-corrected chi connectivity index (χ4v) is 3.08. The van der Waals surface area contributed by atoms with Crippen molar-refractivity contribution in [1.29, 1.82) is 0 Å². The number of rotatable bonds is 3. The highest BCUT2D eigenvalue weighted by atomic mass is 79.9. The van der Waals surface area contributed by atoms with Crippen molar-refractivity contribution in [2.45, 2.75) is 32.4 Å². The molecule has 0 aliphatic carbocycles. The highest BCUT2D eigenvalue weighted by Gasteiger charge is 2.28. The smallest absolute Gasteiger partial charge is 0.0801 e. The van der Waals surface area contributed by atoms with Gasteiger partial charge in [0, 0.05) is 23.6 Å². The number of morpholine rings is 1. The summed E-state index contributed by atoms with van der Waals surface area (Å²) in [6.07, 6.45) is 0. The third kappa shape index (κ3) is 3.50. The van der Waals surface area contributed by atoms with Crippen LogP contribution < -0.4 is 10.2 Å². The standard InChI is InChI=1S/C15H23BrN2O/c1-11(17-4)12-5-6-14(13(16)9-12)18-7-8-19-15(2,3)10-18/h5-6,9,11,17H,7-8,10H2,1-4H3. The summed E-state index contributed by atoms with van der Waals surface area (Å²) in [6, 6.07) is 6.98. The lowest BCUT2D eigenvalue weighted by Crippen LogP contribution is -2.48. The van der Waals surface area contributed by atoms with Gasteiger partial charge in [0.15, 0.2) is 0 Å². The van der Waals surface area contributed by atoms with Crippen molar-refractivity contribution < 1.29 is 4.74 Å². The topological polar surface area (TPSA) is 24.5 Å². The lowest BCUT2D eigenvalue weighted by atomic mass is 10.0. The summed E-state index contributed by atoms with van der Waals surface area (Å²) in [5.74, 6) is 0. The average Bonchev–Trinajstić information content (AvgIpc) is 2.36. The Balaban J connectivity index is 2.21. The molecule has 3 nitrogen and oxygen atoms in total. The summed E-state index contributed by atoms with van der Waals surface area (Å²) in [7, 11) is 1.98. The molecule has 1 atom stereocenters. The van der Waals surface area contributed by atoms with Crippen LogP contribution >= 0.6 is 15.9 Å². The molecule has 1 unspecified atom stereocenters. The largest absolute Gasteiger partial charge is 0.372 e. The average molecular weight is 327 g/mol. The third-order valence-electron chi connectivity index (χ3n) is 3.67. The van der Waals surface area contributed by atoms with Crippen LogP contribution in [0, 0.1) is 0 Å². The Labute approximate surface area is 124 Å². The first kappa shape index (κ1) is 14.8. The normalized spacial score (nSPS) is 20.4. The summed E-state index contributed by atoms with van der Waals surface area (Å²) in [5.41, 5.74) is 2.48. The number of halogens is 1. The molecule has 1 saturated heterocycles. The molecule has 1 N–H and O–H groups in total. The number of hydrogen-bond donors (Lipinski definition) is 1. The first-order valence-corrected chi connectivity index (χ1v) is 7.58. The van der Waals surface area contributed by atoms with Crippen LogP contribution in [0.2, 0.25) is 0 Å². The van der Waals surface area contributed by atoms with Crippen LogP contribution in [0.25, 0.3) is 0 Å². The fraction of sp³-hybridized carbons (Fsp3) is 0.600. The number of nitrogens with zero attached hydrogens (tertiary/aromatic N) is 1. The third-order valence-corrected chi connectivity index (χ3v) is 4.31. The zero-order chi connectivity index (χ0) is 14.0. The van der Waals surface area contributed by atoms with Gasteiger partial charge in [0.05, 0.1) is 17.9 Å². The molecular weight excluding hydrogens is 304 g/mol. The Bertz CT molecular complexity index is 448. The molecule has 0 bridgehead atoms. The molecule has 2 rings (SSSR count). The van der Waals surface area contributed by atoms with Crippen LogP contribution in [0.4, 0.5) is 5.69 Å². The number of anilines is 1. The minimum absolute atomic E-state index is 0.0748. The van der Waals surface area contributed by atoms with Crippen molar-refractivity contribution in [3.8, 4) is 0 Å². The van der Waals surface area contributed by atoms with E-state index in [1.807, 2.05) is 7.05 Å². The van der Waals surface area contributed by atoms with Gasteiger partial charge in [0.2, 0.25) is 0 Å². The van der Waals surface area contributed by atoms with Gasteiger partial charge in [-0.1, -0.05) is 6.07 Å². The Morgan fingerprint density at radius 3 is 2.74 bits per heavy atom. The van der Waals surface area contributed by atoms with Gasteiger partial charge in [-0.2, -0.15) is 0 Å². The summed E-state index contributed by atoms with van der Waals surface area (Å²) in [6.45, 7) is 9.11. The van der Waals surface area contributed by atoms with Crippen molar-refractivity contribution in [3.05, 3.63) is 28.2 Å². The maximum Gasteiger partial charge on any atom is 0.0801 e. The lowest BCUT2D eigenvalue weighted by molar-refractivity contribution is -0.0277. The van der Waals surface area contributed by atoms with Crippen LogP contribution in [-0.2, 0) is 4.74 Å². The summed E-state index contributed by atoms with van der Waals surface area (Å²) in [4.78, 5) is 2.39. The number of hydrogen-bond acceptors (Lipinski definition) is 3. The maximum absolute atomic E-state index is 5.77. The Hall–Kier alpha value is -0.580. The molecule has 0 saturated carbocycles.